The first-order chi connectivity index (χ1) is 9.70. The summed E-state index contributed by atoms with van der Waals surface area (Å²) in [6, 6.07) is 0.340. The molecule has 0 bridgehead atoms. The molecule has 1 fully saturated rings. The Bertz CT molecular complexity index is 428. The third kappa shape index (κ3) is 4.01. The van der Waals surface area contributed by atoms with E-state index in [0.717, 1.165) is 25.9 Å². The molecule has 1 aromatic rings. The number of ether oxygens (including phenoxy) is 1. The van der Waals surface area contributed by atoms with Crippen LogP contribution in [-0.4, -0.2) is 53.2 Å². The number of hydrogen-bond acceptors (Lipinski definition) is 5. The van der Waals surface area contributed by atoms with Crippen molar-refractivity contribution >= 4 is 5.91 Å². The maximum Gasteiger partial charge on any atom is 0.273 e. The normalized spacial score (nSPS) is 17.9. The van der Waals surface area contributed by atoms with Gasteiger partial charge in [0.15, 0.2) is 5.69 Å². The van der Waals surface area contributed by atoms with E-state index in [0.29, 0.717) is 24.9 Å². The highest BCUT2D eigenvalue weighted by Gasteiger charge is 2.18. The van der Waals surface area contributed by atoms with Gasteiger partial charge in [-0.2, -0.15) is 0 Å². The molecule has 2 rings (SSSR count). The summed E-state index contributed by atoms with van der Waals surface area (Å²) >= 11 is 0. The van der Waals surface area contributed by atoms with Crippen LogP contribution in [0, 0.1) is 0 Å². The first-order valence-electron chi connectivity index (χ1n) is 7.23. The minimum atomic E-state index is -0.197. The van der Waals surface area contributed by atoms with Crippen LogP contribution in [0.4, 0.5) is 0 Å². The molecule has 1 saturated heterocycles. The quantitative estimate of drug-likeness (QED) is 0.787. The van der Waals surface area contributed by atoms with Crippen molar-refractivity contribution in [3.8, 4) is 0 Å². The van der Waals surface area contributed by atoms with Gasteiger partial charge < -0.3 is 15.4 Å². The minimum absolute atomic E-state index is 0.00316. The summed E-state index contributed by atoms with van der Waals surface area (Å²) in [5.74, 6) is -0.197. The zero-order valence-corrected chi connectivity index (χ0v) is 12.1. The molecule has 1 unspecified atom stereocenters. The number of nitrogens with zero attached hydrogens (tertiary/aromatic N) is 3. The van der Waals surface area contributed by atoms with Crippen LogP contribution in [0.15, 0.2) is 6.20 Å². The molecule has 2 N–H and O–H groups in total. The lowest BCUT2D eigenvalue weighted by molar-refractivity contribution is 0.0693. The van der Waals surface area contributed by atoms with Crippen molar-refractivity contribution < 1.29 is 9.53 Å². The Morgan fingerprint density at radius 3 is 3.05 bits per heavy atom. The topological polar surface area (TPSA) is 81.1 Å². The molecular formula is C13H23N5O2. The van der Waals surface area contributed by atoms with Gasteiger partial charge in [-0.05, 0) is 39.8 Å². The molecule has 112 valence electrons. The summed E-state index contributed by atoms with van der Waals surface area (Å²) in [7, 11) is 0. The number of piperidine rings is 1. The fourth-order valence-electron chi connectivity index (χ4n) is 2.30. The predicted molar refractivity (Wildman–Crippen MR) is 74.6 cm³/mol. The molecule has 0 aromatic carbocycles. The molecule has 0 radical (unpaired) electrons. The number of nitrogens with one attached hydrogen (secondary N) is 2. The monoisotopic (exact) mass is 281 g/mol. The van der Waals surface area contributed by atoms with Crippen molar-refractivity contribution in [2.75, 3.05) is 26.2 Å². The van der Waals surface area contributed by atoms with E-state index < -0.39 is 0 Å². The van der Waals surface area contributed by atoms with Crippen LogP contribution in [0.25, 0.3) is 0 Å². The van der Waals surface area contributed by atoms with Gasteiger partial charge in [0.05, 0.1) is 18.3 Å². The second-order valence-corrected chi connectivity index (χ2v) is 5.04. The molecule has 7 nitrogen and oxygen atoms in total. The lowest BCUT2D eigenvalue weighted by atomic mass is 10.1. The van der Waals surface area contributed by atoms with E-state index in [2.05, 4.69) is 20.9 Å². The summed E-state index contributed by atoms with van der Waals surface area (Å²) in [5.41, 5.74) is 0.368. The number of rotatable bonds is 6. The van der Waals surface area contributed by atoms with Crippen LogP contribution < -0.4 is 10.6 Å². The smallest absolute Gasteiger partial charge is 0.273 e. The van der Waals surface area contributed by atoms with E-state index in [-0.39, 0.29) is 12.0 Å². The molecule has 1 amide bonds. The number of hydrogen-bond donors (Lipinski definition) is 2. The number of amides is 1. The largest absolute Gasteiger partial charge is 0.377 e. The van der Waals surface area contributed by atoms with Gasteiger partial charge in [-0.15, -0.1) is 5.10 Å². The Morgan fingerprint density at radius 1 is 1.60 bits per heavy atom. The first kappa shape index (κ1) is 14.9. The van der Waals surface area contributed by atoms with E-state index in [9.17, 15) is 4.79 Å². The molecule has 7 heteroatoms. The van der Waals surface area contributed by atoms with Gasteiger partial charge in [0, 0.05) is 13.2 Å². The third-order valence-electron chi connectivity index (χ3n) is 3.43. The highest BCUT2D eigenvalue weighted by Crippen LogP contribution is 2.16. The molecule has 2 heterocycles. The number of aromatic nitrogens is 3. The van der Waals surface area contributed by atoms with Gasteiger partial charge >= 0.3 is 0 Å². The Hall–Kier alpha value is -1.47. The van der Waals surface area contributed by atoms with Crippen molar-refractivity contribution in [1.82, 2.24) is 25.6 Å². The SMILES string of the molecule is CCOC(C)CNC(=O)c1cn(C2CCNCC2)nn1. The fraction of sp³-hybridized carbons (Fsp3) is 0.769. The van der Waals surface area contributed by atoms with E-state index in [1.54, 1.807) is 6.20 Å². The summed E-state index contributed by atoms with van der Waals surface area (Å²) in [6.45, 7) is 6.95. The Labute approximate surface area is 119 Å². The van der Waals surface area contributed by atoms with E-state index in [1.807, 2.05) is 18.5 Å². The Morgan fingerprint density at radius 2 is 2.35 bits per heavy atom. The zero-order valence-electron chi connectivity index (χ0n) is 12.1. The number of carbonyl (C=O) groups is 1. The average molecular weight is 281 g/mol. The maximum absolute atomic E-state index is 12.0. The third-order valence-corrected chi connectivity index (χ3v) is 3.43. The molecule has 1 aliphatic heterocycles. The van der Waals surface area contributed by atoms with Gasteiger partial charge in [-0.25, -0.2) is 4.68 Å². The maximum atomic E-state index is 12.0. The second-order valence-electron chi connectivity index (χ2n) is 5.04. The molecule has 1 aromatic heterocycles. The zero-order chi connectivity index (χ0) is 14.4. The molecule has 1 atom stereocenters. The van der Waals surface area contributed by atoms with Crippen LogP contribution in [-0.2, 0) is 4.74 Å². The summed E-state index contributed by atoms with van der Waals surface area (Å²) in [6.07, 6.45) is 3.78. The van der Waals surface area contributed by atoms with Gasteiger partial charge in [0.25, 0.3) is 5.91 Å². The van der Waals surface area contributed by atoms with Gasteiger partial charge in [-0.1, -0.05) is 5.21 Å². The van der Waals surface area contributed by atoms with E-state index in [4.69, 9.17) is 4.74 Å². The summed E-state index contributed by atoms with van der Waals surface area (Å²) in [5, 5.41) is 14.1. The number of carbonyl (C=O) groups excluding carboxylic acids is 1. The summed E-state index contributed by atoms with van der Waals surface area (Å²) < 4.78 is 7.17. The molecule has 0 aliphatic carbocycles. The van der Waals surface area contributed by atoms with Gasteiger partial charge in [0.1, 0.15) is 0 Å². The van der Waals surface area contributed by atoms with Crippen molar-refractivity contribution in [3.05, 3.63) is 11.9 Å². The molecular weight excluding hydrogens is 258 g/mol. The second kappa shape index (κ2) is 7.35. The lowest BCUT2D eigenvalue weighted by Crippen LogP contribution is -2.32. The lowest BCUT2D eigenvalue weighted by Gasteiger charge is -2.22. The van der Waals surface area contributed by atoms with Crippen molar-refractivity contribution in [2.24, 2.45) is 0 Å². The van der Waals surface area contributed by atoms with Gasteiger partial charge in [-0.3, -0.25) is 4.79 Å². The van der Waals surface area contributed by atoms with Gasteiger partial charge in [0.2, 0.25) is 0 Å². The van der Waals surface area contributed by atoms with E-state index >= 15 is 0 Å². The predicted octanol–water partition coefficient (Wildman–Crippen LogP) is 0.357. The average Bonchev–Trinajstić information content (AvgIpc) is 2.96. The van der Waals surface area contributed by atoms with Crippen LogP contribution in [0.1, 0.15) is 43.2 Å². The Kier molecular flexibility index (Phi) is 5.49. The summed E-state index contributed by atoms with van der Waals surface area (Å²) in [4.78, 5) is 12.0. The van der Waals surface area contributed by atoms with Crippen LogP contribution in [0.3, 0.4) is 0 Å². The van der Waals surface area contributed by atoms with Crippen LogP contribution in [0.2, 0.25) is 0 Å². The highest BCUT2D eigenvalue weighted by atomic mass is 16.5. The molecule has 0 spiro atoms. The van der Waals surface area contributed by atoms with Crippen molar-refractivity contribution in [2.45, 2.75) is 38.8 Å². The van der Waals surface area contributed by atoms with Crippen LogP contribution in [0.5, 0.6) is 0 Å². The Balaban J connectivity index is 1.86. The molecule has 20 heavy (non-hydrogen) atoms. The molecule has 1 aliphatic rings. The first-order valence-corrected chi connectivity index (χ1v) is 7.23. The minimum Gasteiger partial charge on any atom is -0.377 e. The highest BCUT2D eigenvalue weighted by molar-refractivity contribution is 5.91. The van der Waals surface area contributed by atoms with Crippen LogP contribution >= 0.6 is 0 Å². The van der Waals surface area contributed by atoms with Crippen molar-refractivity contribution in [1.29, 1.82) is 0 Å². The van der Waals surface area contributed by atoms with Crippen molar-refractivity contribution in [3.63, 3.8) is 0 Å². The van der Waals surface area contributed by atoms with E-state index in [1.165, 1.54) is 0 Å². The standard InChI is InChI=1S/C13H23N5O2/c1-3-20-10(2)8-15-13(19)12-9-18(17-16-12)11-4-6-14-7-5-11/h9-11,14H,3-8H2,1-2H3,(H,15,19). The fourth-order valence-corrected chi connectivity index (χ4v) is 2.30. The molecule has 0 saturated carbocycles.